The first kappa shape index (κ1) is 15.5. The quantitative estimate of drug-likeness (QED) is 0.516. The fourth-order valence-electron chi connectivity index (χ4n) is 1.69. The van der Waals surface area contributed by atoms with Crippen LogP contribution in [0.5, 0.6) is 0 Å². The minimum Gasteiger partial charge on any atom is -0.383 e. The first-order valence-corrected chi connectivity index (χ1v) is 7.76. The van der Waals surface area contributed by atoms with Crippen LogP contribution in [0.1, 0.15) is 31.7 Å². The lowest BCUT2D eigenvalue weighted by Gasteiger charge is -2.06. The molecular formula is C15H25NOS. The highest BCUT2D eigenvalue weighted by atomic mass is 32.2. The van der Waals surface area contributed by atoms with Crippen LogP contribution in [0.15, 0.2) is 29.2 Å². The Morgan fingerprint density at radius 3 is 2.94 bits per heavy atom. The van der Waals surface area contributed by atoms with Crippen molar-refractivity contribution < 1.29 is 4.74 Å². The molecule has 0 aliphatic carbocycles. The number of hydrogen-bond donors (Lipinski definition) is 1. The minimum atomic E-state index is 0.769. The summed E-state index contributed by atoms with van der Waals surface area (Å²) < 4.78 is 5.01. The zero-order valence-corrected chi connectivity index (χ0v) is 12.4. The summed E-state index contributed by atoms with van der Waals surface area (Å²) in [6.07, 6.45) is 3.95. The molecule has 0 amide bonds. The predicted octanol–water partition coefficient (Wildman–Crippen LogP) is 3.70. The van der Waals surface area contributed by atoms with Gasteiger partial charge in [0.2, 0.25) is 0 Å². The van der Waals surface area contributed by atoms with Gasteiger partial charge in [-0.15, -0.1) is 11.8 Å². The van der Waals surface area contributed by atoms with Gasteiger partial charge in [-0.05, 0) is 29.9 Å². The molecule has 1 aromatic carbocycles. The summed E-state index contributed by atoms with van der Waals surface area (Å²) >= 11 is 1.97. The largest absolute Gasteiger partial charge is 0.383 e. The Labute approximate surface area is 116 Å². The Bertz CT molecular complexity index is 290. The van der Waals surface area contributed by atoms with E-state index in [-0.39, 0.29) is 0 Å². The maximum Gasteiger partial charge on any atom is 0.0587 e. The predicted molar refractivity (Wildman–Crippen MR) is 80.3 cm³/mol. The van der Waals surface area contributed by atoms with Gasteiger partial charge in [0.25, 0.3) is 0 Å². The van der Waals surface area contributed by atoms with E-state index in [4.69, 9.17) is 4.74 Å². The van der Waals surface area contributed by atoms with Crippen LogP contribution in [0.3, 0.4) is 0 Å². The van der Waals surface area contributed by atoms with Crippen LogP contribution in [0.4, 0.5) is 0 Å². The van der Waals surface area contributed by atoms with Gasteiger partial charge in [0, 0.05) is 25.1 Å². The van der Waals surface area contributed by atoms with Crippen molar-refractivity contribution in [2.75, 3.05) is 26.0 Å². The number of nitrogens with one attached hydrogen (secondary N) is 1. The topological polar surface area (TPSA) is 21.3 Å². The maximum atomic E-state index is 5.01. The van der Waals surface area contributed by atoms with Gasteiger partial charge < -0.3 is 10.1 Å². The molecule has 0 unspecified atom stereocenters. The minimum absolute atomic E-state index is 0.769. The van der Waals surface area contributed by atoms with Crippen LogP contribution in [-0.2, 0) is 11.3 Å². The Morgan fingerprint density at radius 1 is 1.28 bits per heavy atom. The molecule has 1 aromatic rings. The number of ether oxygens (including phenoxy) is 1. The fraction of sp³-hybridized carbons (Fsp3) is 0.600. The maximum absolute atomic E-state index is 5.01. The molecular weight excluding hydrogens is 242 g/mol. The molecule has 102 valence electrons. The van der Waals surface area contributed by atoms with Crippen LogP contribution in [0, 0.1) is 0 Å². The summed E-state index contributed by atoms with van der Waals surface area (Å²) in [4.78, 5) is 1.39. The molecule has 0 fully saturated rings. The molecule has 0 aromatic heterocycles. The number of benzene rings is 1. The number of unbranched alkanes of at least 4 members (excludes halogenated alkanes) is 2. The highest BCUT2D eigenvalue weighted by molar-refractivity contribution is 7.99. The molecule has 0 radical (unpaired) electrons. The van der Waals surface area contributed by atoms with E-state index in [1.807, 2.05) is 11.8 Å². The number of hydrogen-bond acceptors (Lipinski definition) is 3. The second-order valence-corrected chi connectivity index (χ2v) is 5.54. The average molecular weight is 267 g/mol. The van der Waals surface area contributed by atoms with Gasteiger partial charge in [-0.3, -0.25) is 0 Å². The van der Waals surface area contributed by atoms with Gasteiger partial charge in [0.1, 0.15) is 0 Å². The first-order valence-electron chi connectivity index (χ1n) is 6.78. The number of thioether (sulfide) groups is 1. The van der Waals surface area contributed by atoms with E-state index < -0.39 is 0 Å². The van der Waals surface area contributed by atoms with E-state index in [1.54, 1.807) is 7.11 Å². The van der Waals surface area contributed by atoms with Crippen LogP contribution in [-0.4, -0.2) is 26.0 Å². The van der Waals surface area contributed by atoms with E-state index in [1.165, 1.54) is 35.5 Å². The molecule has 0 heterocycles. The van der Waals surface area contributed by atoms with E-state index in [0.29, 0.717) is 0 Å². The molecule has 0 saturated heterocycles. The van der Waals surface area contributed by atoms with E-state index in [9.17, 15) is 0 Å². The van der Waals surface area contributed by atoms with Crippen molar-refractivity contribution in [1.82, 2.24) is 5.32 Å². The highest BCUT2D eigenvalue weighted by Gasteiger charge is 1.97. The van der Waals surface area contributed by atoms with Crippen molar-refractivity contribution in [2.24, 2.45) is 0 Å². The molecule has 0 spiro atoms. The summed E-state index contributed by atoms with van der Waals surface area (Å²) in [5, 5.41) is 3.37. The van der Waals surface area contributed by atoms with E-state index >= 15 is 0 Å². The zero-order chi connectivity index (χ0) is 13.1. The van der Waals surface area contributed by atoms with Crippen molar-refractivity contribution >= 4 is 11.8 Å². The van der Waals surface area contributed by atoms with Crippen molar-refractivity contribution in [3.63, 3.8) is 0 Å². The molecule has 0 atom stereocenters. The first-order chi connectivity index (χ1) is 8.86. The molecule has 0 aliphatic rings. The molecule has 0 saturated carbocycles. The number of rotatable bonds is 10. The summed E-state index contributed by atoms with van der Waals surface area (Å²) in [5.41, 5.74) is 1.35. The monoisotopic (exact) mass is 267 g/mol. The smallest absolute Gasteiger partial charge is 0.0587 e. The third-order valence-corrected chi connectivity index (χ3v) is 3.81. The van der Waals surface area contributed by atoms with E-state index in [2.05, 4.69) is 36.5 Å². The fourth-order valence-corrected chi connectivity index (χ4v) is 2.69. The Balaban J connectivity index is 2.27. The standard InChI is InChI=1S/C15H25NOS/c1-3-4-5-11-18-15-8-6-7-14(12-15)13-16-9-10-17-2/h6-8,12,16H,3-5,9-11,13H2,1-2H3. The number of methoxy groups -OCH3 is 1. The molecule has 2 nitrogen and oxygen atoms in total. The molecule has 3 heteroatoms. The molecule has 18 heavy (non-hydrogen) atoms. The average Bonchev–Trinajstić information content (AvgIpc) is 2.40. The highest BCUT2D eigenvalue weighted by Crippen LogP contribution is 2.20. The van der Waals surface area contributed by atoms with Gasteiger partial charge in [-0.1, -0.05) is 31.9 Å². The molecule has 0 aliphatic heterocycles. The summed E-state index contributed by atoms with van der Waals surface area (Å²) in [6.45, 7) is 4.85. The Hall–Kier alpha value is -0.510. The van der Waals surface area contributed by atoms with Crippen LogP contribution in [0.2, 0.25) is 0 Å². The third kappa shape index (κ3) is 7.04. The lowest BCUT2D eigenvalue weighted by atomic mass is 10.2. The van der Waals surface area contributed by atoms with Gasteiger partial charge in [-0.25, -0.2) is 0 Å². The Kier molecular flexibility index (Phi) is 9.00. The van der Waals surface area contributed by atoms with Crippen LogP contribution < -0.4 is 5.32 Å². The van der Waals surface area contributed by atoms with Crippen molar-refractivity contribution in [1.29, 1.82) is 0 Å². The summed E-state index contributed by atoms with van der Waals surface area (Å²) in [7, 11) is 1.73. The summed E-state index contributed by atoms with van der Waals surface area (Å²) in [5.74, 6) is 1.23. The van der Waals surface area contributed by atoms with Gasteiger partial charge in [0.15, 0.2) is 0 Å². The lowest BCUT2D eigenvalue weighted by molar-refractivity contribution is 0.199. The summed E-state index contributed by atoms with van der Waals surface area (Å²) in [6, 6.07) is 8.82. The lowest BCUT2D eigenvalue weighted by Crippen LogP contribution is -2.18. The van der Waals surface area contributed by atoms with Crippen LogP contribution >= 0.6 is 11.8 Å². The second kappa shape index (κ2) is 10.4. The molecule has 1 rings (SSSR count). The van der Waals surface area contributed by atoms with E-state index in [0.717, 1.165) is 19.7 Å². The van der Waals surface area contributed by atoms with Crippen LogP contribution in [0.25, 0.3) is 0 Å². The Morgan fingerprint density at radius 2 is 2.17 bits per heavy atom. The van der Waals surface area contributed by atoms with Gasteiger partial charge in [-0.2, -0.15) is 0 Å². The van der Waals surface area contributed by atoms with Crippen molar-refractivity contribution in [2.45, 2.75) is 37.6 Å². The second-order valence-electron chi connectivity index (χ2n) is 4.37. The van der Waals surface area contributed by atoms with Crippen molar-refractivity contribution in [3.8, 4) is 0 Å². The zero-order valence-electron chi connectivity index (χ0n) is 11.6. The SMILES string of the molecule is CCCCCSc1cccc(CNCCOC)c1. The van der Waals surface area contributed by atoms with Gasteiger partial charge in [0.05, 0.1) is 6.61 Å². The molecule has 0 bridgehead atoms. The van der Waals surface area contributed by atoms with Crippen molar-refractivity contribution in [3.05, 3.63) is 29.8 Å². The third-order valence-electron chi connectivity index (χ3n) is 2.73. The van der Waals surface area contributed by atoms with Gasteiger partial charge >= 0.3 is 0 Å². The molecule has 1 N–H and O–H groups in total. The normalized spacial score (nSPS) is 10.8.